The van der Waals surface area contributed by atoms with Crippen LogP contribution in [0.2, 0.25) is 0 Å². The van der Waals surface area contributed by atoms with Gasteiger partial charge in [0.1, 0.15) is 0 Å². The predicted molar refractivity (Wildman–Crippen MR) is 79.4 cm³/mol. The van der Waals surface area contributed by atoms with Crippen LogP contribution in [0.15, 0.2) is 0 Å². The van der Waals surface area contributed by atoms with Gasteiger partial charge in [-0.3, -0.25) is 0 Å². The molecule has 1 spiro atoms. The summed E-state index contributed by atoms with van der Waals surface area (Å²) in [5.41, 5.74) is -0.0267. The summed E-state index contributed by atoms with van der Waals surface area (Å²) in [4.78, 5) is 0. The molecule has 0 heterocycles. The highest BCUT2D eigenvalue weighted by Gasteiger charge is 2.83. The third kappa shape index (κ3) is 1.11. The van der Waals surface area contributed by atoms with E-state index in [-0.39, 0.29) is 10.8 Å². The van der Waals surface area contributed by atoms with E-state index in [0.717, 1.165) is 11.8 Å². The van der Waals surface area contributed by atoms with Gasteiger partial charge in [0, 0.05) is 17.9 Å². The van der Waals surface area contributed by atoms with Crippen LogP contribution in [-0.4, -0.2) is 24.4 Å². The number of hydrogen-bond donors (Lipinski definition) is 1. The fourth-order valence-corrected chi connectivity index (χ4v) is 7.92. The summed E-state index contributed by atoms with van der Waals surface area (Å²) in [6, 6.07) is 0. The number of hydrogen-bond acceptors (Lipinski definition) is 2. The average Bonchev–Trinajstić information content (AvgIpc) is 2.94. The Bertz CT molecular complexity index is 427. The van der Waals surface area contributed by atoms with Crippen molar-refractivity contribution >= 4 is 0 Å². The Labute approximate surface area is 123 Å². The number of methoxy groups -OCH3 is 1. The number of ether oxygens (including phenoxy) is 1. The molecule has 1 N–H and O–H groups in total. The van der Waals surface area contributed by atoms with E-state index in [4.69, 9.17) is 4.74 Å². The molecule has 5 atom stereocenters. The molecule has 0 aliphatic heterocycles. The van der Waals surface area contributed by atoms with Crippen molar-refractivity contribution in [2.45, 2.75) is 70.8 Å². The SMILES string of the molecule is COC[C@@]1(O)C2(CCCC2)[C@@H]2[C@H]3CCC[C@]2(C)[C@]1(C)C3. The largest absolute Gasteiger partial charge is 0.386 e. The molecular weight excluding hydrogens is 248 g/mol. The molecule has 4 aliphatic rings. The van der Waals surface area contributed by atoms with Gasteiger partial charge in [-0.2, -0.15) is 0 Å². The average molecular weight is 278 g/mol. The molecule has 0 radical (unpaired) electrons. The lowest BCUT2D eigenvalue weighted by Crippen LogP contribution is -2.60. The molecule has 4 bridgehead atoms. The first-order chi connectivity index (χ1) is 9.45. The van der Waals surface area contributed by atoms with Crippen LogP contribution in [0.1, 0.15) is 65.2 Å². The van der Waals surface area contributed by atoms with Crippen LogP contribution in [0, 0.1) is 28.1 Å². The van der Waals surface area contributed by atoms with Crippen molar-refractivity contribution in [1.29, 1.82) is 0 Å². The molecule has 0 saturated heterocycles. The van der Waals surface area contributed by atoms with Crippen LogP contribution in [-0.2, 0) is 4.74 Å². The van der Waals surface area contributed by atoms with E-state index in [9.17, 15) is 5.11 Å². The Kier molecular flexibility index (Phi) is 2.59. The van der Waals surface area contributed by atoms with Gasteiger partial charge in [0.2, 0.25) is 0 Å². The molecule has 0 aromatic rings. The Morgan fingerprint density at radius 1 is 1.10 bits per heavy atom. The van der Waals surface area contributed by atoms with Gasteiger partial charge in [-0.1, -0.05) is 39.5 Å². The number of aliphatic hydroxyl groups is 1. The second-order valence-corrected chi connectivity index (χ2v) is 8.74. The van der Waals surface area contributed by atoms with Crippen molar-refractivity contribution < 1.29 is 9.84 Å². The summed E-state index contributed by atoms with van der Waals surface area (Å²) in [6.07, 6.45) is 10.4. The predicted octanol–water partition coefficient (Wildman–Crippen LogP) is 3.77. The quantitative estimate of drug-likeness (QED) is 0.833. The topological polar surface area (TPSA) is 29.5 Å². The minimum absolute atomic E-state index is 0.0617. The summed E-state index contributed by atoms with van der Waals surface area (Å²) in [6.45, 7) is 5.45. The Morgan fingerprint density at radius 2 is 1.80 bits per heavy atom. The molecule has 0 aromatic carbocycles. The van der Waals surface area contributed by atoms with Crippen LogP contribution < -0.4 is 0 Å². The third-order valence-electron chi connectivity index (χ3n) is 8.54. The fourth-order valence-electron chi connectivity index (χ4n) is 7.92. The molecule has 4 aliphatic carbocycles. The van der Waals surface area contributed by atoms with Crippen molar-refractivity contribution in [2.24, 2.45) is 28.1 Å². The van der Waals surface area contributed by atoms with E-state index in [1.54, 1.807) is 7.11 Å². The first kappa shape index (κ1) is 13.6. The van der Waals surface area contributed by atoms with E-state index in [1.165, 1.54) is 51.4 Å². The van der Waals surface area contributed by atoms with E-state index >= 15 is 0 Å². The summed E-state index contributed by atoms with van der Waals surface area (Å²) < 4.78 is 5.58. The zero-order chi connectivity index (χ0) is 14.2. The summed E-state index contributed by atoms with van der Waals surface area (Å²) >= 11 is 0. The fraction of sp³-hybridized carbons (Fsp3) is 1.00. The van der Waals surface area contributed by atoms with Crippen LogP contribution in [0.4, 0.5) is 0 Å². The maximum atomic E-state index is 11.9. The Balaban J connectivity index is 1.91. The van der Waals surface area contributed by atoms with E-state index in [2.05, 4.69) is 13.8 Å². The molecule has 0 amide bonds. The molecule has 2 heteroatoms. The Morgan fingerprint density at radius 3 is 2.45 bits per heavy atom. The van der Waals surface area contributed by atoms with Gasteiger partial charge < -0.3 is 9.84 Å². The van der Waals surface area contributed by atoms with Gasteiger partial charge in [-0.15, -0.1) is 0 Å². The van der Waals surface area contributed by atoms with Crippen LogP contribution in [0.25, 0.3) is 0 Å². The standard InChI is InChI=1S/C18H30O2/c1-15-8-6-7-13-11-16(15,2)18(19,12-20-3)17(14(13)15)9-4-5-10-17/h13-14,19H,4-12H2,1-3H3/t13-,14+,15-,16-,18-/m0/s1. The third-order valence-corrected chi connectivity index (χ3v) is 8.54. The maximum Gasteiger partial charge on any atom is 0.0997 e. The van der Waals surface area contributed by atoms with Gasteiger partial charge in [0.05, 0.1) is 12.2 Å². The van der Waals surface area contributed by atoms with Crippen molar-refractivity contribution in [3.05, 3.63) is 0 Å². The van der Waals surface area contributed by atoms with Gasteiger partial charge in [0.15, 0.2) is 0 Å². The monoisotopic (exact) mass is 278 g/mol. The summed E-state index contributed by atoms with van der Waals surface area (Å²) in [7, 11) is 1.77. The molecule has 0 unspecified atom stereocenters. The van der Waals surface area contributed by atoms with Crippen molar-refractivity contribution in [3.63, 3.8) is 0 Å². The highest BCUT2D eigenvalue weighted by atomic mass is 16.5. The summed E-state index contributed by atoms with van der Waals surface area (Å²) in [5, 5.41) is 11.9. The normalized spacial score (nSPS) is 55.8. The van der Waals surface area contributed by atoms with Crippen molar-refractivity contribution in [1.82, 2.24) is 0 Å². The van der Waals surface area contributed by atoms with E-state index in [1.807, 2.05) is 0 Å². The lowest BCUT2D eigenvalue weighted by molar-refractivity contribution is -0.197. The first-order valence-corrected chi connectivity index (χ1v) is 8.67. The molecule has 20 heavy (non-hydrogen) atoms. The zero-order valence-electron chi connectivity index (χ0n) is 13.4. The van der Waals surface area contributed by atoms with Crippen molar-refractivity contribution in [2.75, 3.05) is 13.7 Å². The summed E-state index contributed by atoms with van der Waals surface area (Å²) in [5.74, 6) is 1.62. The molecule has 4 fully saturated rings. The minimum atomic E-state index is -0.592. The molecular formula is C18H30O2. The number of rotatable bonds is 2. The van der Waals surface area contributed by atoms with E-state index in [0.29, 0.717) is 12.0 Å². The van der Waals surface area contributed by atoms with Gasteiger partial charge in [-0.05, 0) is 42.9 Å². The smallest absolute Gasteiger partial charge is 0.0997 e. The molecule has 4 saturated carbocycles. The Hall–Kier alpha value is -0.0800. The van der Waals surface area contributed by atoms with E-state index < -0.39 is 5.60 Å². The molecule has 0 aromatic heterocycles. The van der Waals surface area contributed by atoms with Crippen molar-refractivity contribution in [3.8, 4) is 0 Å². The van der Waals surface area contributed by atoms with Gasteiger partial charge in [-0.25, -0.2) is 0 Å². The zero-order valence-corrected chi connectivity index (χ0v) is 13.4. The minimum Gasteiger partial charge on any atom is -0.386 e. The maximum absolute atomic E-state index is 11.9. The molecule has 4 rings (SSSR count). The van der Waals surface area contributed by atoms with Crippen LogP contribution in [0.5, 0.6) is 0 Å². The highest BCUT2D eigenvalue weighted by Crippen LogP contribution is 2.83. The lowest BCUT2D eigenvalue weighted by atomic mass is 9.55. The molecule has 2 nitrogen and oxygen atoms in total. The highest BCUT2D eigenvalue weighted by molar-refractivity contribution is 5.31. The lowest BCUT2D eigenvalue weighted by Gasteiger charge is -2.54. The second-order valence-electron chi connectivity index (χ2n) is 8.74. The van der Waals surface area contributed by atoms with Crippen LogP contribution in [0.3, 0.4) is 0 Å². The van der Waals surface area contributed by atoms with Gasteiger partial charge in [0.25, 0.3) is 0 Å². The molecule has 114 valence electrons. The second kappa shape index (κ2) is 3.81. The first-order valence-electron chi connectivity index (χ1n) is 8.67. The van der Waals surface area contributed by atoms with Crippen LogP contribution >= 0.6 is 0 Å². The van der Waals surface area contributed by atoms with Gasteiger partial charge >= 0.3 is 0 Å².